The number of hydrogen-bond donors (Lipinski definition) is 2. The minimum atomic E-state index is 0.151. The van der Waals surface area contributed by atoms with Gasteiger partial charge in [-0.25, -0.2) is 0 Å². The van der Waals surface area contributed by atoms with Gasteiger partial charge in [-0.3, -0.25) is 9.69 Å². The summed E-state index contributed by atoms with van der Waals surface area (Å²) in [5.41, 5.74) is 0. The third-order valence-corrected chi connectivity index (χ3v) is 4.76. The minimum Gasteiger partial charge on any atom is -0.355 e. The van der Waals surface area contributed by atoms with Gasteiger partial charge in [-0.2, -0.15) is 0 Å². The first-order chi connectivity index (χ1) is 10.3. The van der Waals surface area contributed by atoms with Crippen molar-refractivity contribution >= 4 is 17.2 Å². The van der Waals surface area contributed by atoms with Crippen LogP contribution < -0.4 is 10.6 Å². The second-order valence-electron chi connectivity index (χ2n) is 5.71. The van der Waals surface area contributed by atoms with Crippen molar-refractivity contribution in [2.75, 3.05) is 32.7 Å². The van der Waals surface area contributed by atoms with Gasteiger partial charge >= 0.3 is 0 Å². The smallest absolute Gasteiger partial charge is 0.234 e. The van der Waals surface area contributed by atoms with Crippen LogP contribution in [-0.2, 0) is 11.2 Å². The highest BCUT2D eigenvalue weighted by atomic mass is 32.1. The molecule has 0 saturated carbocycles. The predicted octanol–water partition coefficient (Wildman–Crippen LogP) is 1.87. The van der Waals surface area contributed by atoms with Gasteiger partial charge in [0.15, 0.2) is 0 Å². The van der Waals surface area contributed by atoms with E-state index in [9.17, 15) is 4.79 Å². The molecule has 0 radical (unpaired) electrons. The second kappa shape index (κ2) is 9.18. The van der Waals surface area contributed by atoms with Crippen LogP contribution in [0.1, 0.15) is 31.1 Å². The molecule has 1 atom stereocenters. The van der Waals surface area contributed by atoms with Crippen LogP contribution in [0.4, 0.5) is 0 Å². The second-order valence-corrected chi connectivity index (χ2v) is 6.74. The zero-order valence-corrected chi connectivity index (χ0v) is 13.8. The number of amides is 1. The van der Waals surface area contributed by atoms with Crippen molar-refractivity contribution in [3.63, 3.8) is 0 Å². The van der Waals surface area contributed by atoms with E-state index < -0.39 is 0 Å². The summed E-state index contributed by atoms with van der Waals surface area (Å²) in [6.45, 7) is 6.54. The molecule has 1 fully saturated rings. The van der Waals surface area contributed by atoms with Crippen molar-refractivity contribution < 1.29 is 4.79 Å². The quantitative estimate of drug-likeness (QED) is 0.732. The lowest BCUT2D eigenvalue weighted by Crippen LogP contribution is -2.43. The fraction of sp³-hybridized carbons (Fsp3) is 0.688. The summed E-state index contributed by atoms with van der Waals surface area (Å²) in [5.74, 6) is 0.151. The molecule has 4 nitrogen and oxygen atoms in total. The van der Waals surface area contributed by atoms with Gasteiger partial charge in [0.2, 0.25) is 5.91 Å². The lowest BCUT2D eigenvalue weighted by molar-refractivity contribution is -0.122. The van der Waals surface area contributed by atoms with Gasteiger partial charge in [0.05, 0.1) is 6.54 Å². The van der Waals surface area contributed by atoms with Crippen molar-refractivity contribution in [3.8, 4) is 0 Å². The van der Waals surface area contributed by atoms with Crippen LogP contribution in [0.25, 0.3) is 0 Å². The van der Waals surface area contributed by atoms with Gasteiger partial charge in [-0.1, -0.05) is 13.0 Å². The van der Waals surface area contributed by atoms with Crippen LogP contribution >= 0.6 is 11.3 Å². The summed E-state index contributed by atoms with van der Waals surface area (Å²) in [4.78, 5) is 15.7. The van der Waals surface area contributed by atoms with Crippen LogP contribution in [0, 0.1) is 0 Å². The zero-order chi connectivity index (χ0) is 14.9. The topological polar surface area (TPSA) is 44.4 Å². The van der Waals surface area contributed by atoms with Crippen molar-refractivity contribution in [1.82, 2.24) is 15.5 Å². The van der Waals surface area contributed by atoms with Crippen molar-refractivity contribution in [1.29, 1.82) is 0 Å². The molecule has 1 aliphatic heterocycles. The van der Waals surface area contributed by atoms with E-state index in [1.165, 1.54) is 17.7 Å². The molecule has 0 aromatic carbocycles. The van der Waals surface area contributed by atoms with Gasteiger partial charge in [-0.15, -0.1) is 11.3 Å². The van der Waals surface area contributed by atoms with Gasteiger partial charge in [0.1, 0.15) is 0 Å². The average Bonchev–Trinajstić information content (AvgIpc) is 3.12. The Hall–Kier alpha value is -0.910. The molecule has 1 unspecified atom stereocenters. The first-order valence-electron chi connectivity index (χ1n) is 8.02. The molecule has 0 aliphatic carbocycles. The molecule has 2 heterocycles. The Balaban J connectivity index is 1.67. The molecular formula is C16H27N3OS. The van der Waals surface area contributed by atoms with Gasteiger partial charge in [0, 0.05) is 24.0 Å². The number of carbonyl (C=O) groups excluding carboxylic acids is 1. The van der Waals surface area contributed by atoms with Gasteiger partial charge in [-0.05, 0) is 50.2 Å². The van der Waals surface area contributed by atoms with E-state index >= 15 is 0 Å². The molecule has 2 rings (SSSR count). The van der Waals surface area contributed by atoms with E-state index in [0.29, 0.717) is 12.6 Å². The molecular weight excluding hydrogens is 282 g/mol. The first kappa shape index (κ1) is 16.5. The van der Waals surface area contributed by atoms with E-state index in [-0.39, 0.29) is 5.91 Å². The summed E-state index contributed by atoms with van der Waals surface area (Å²) < 4.78 is 0. The molecule has 21 heavy (non-hydrogen) atoms. The summed E-state index contributed by atoms with van der Waals surface area (Å²) in [5, 5.41) is 8.63. The highest BCUT2D eigenvalue weighted by Crippen LogP contribution is 2.09. The van der Waals surface area contributed by atoms with Gasteiger partial charge in [0.25, 0.3) is 0 Å². The largest absolute Gasteiger partial charge is 0.355 e. The first-order valence-corrected chi connectivity index (χ1v) is 8.90. The number of nitrogens with zero attached hydrogens (tertiary/aromatic N) is 1. The summed E-state index contributed by atoms with van der Waals surface area (Å²) in [6, 6.07) is 4.74. The van der Waals surface area contributed by atoms with Crippen LogP contribution in [0.5, 0.6) is 0 Å². The number of nitrogens with one attached hydrogen (secondary N) is 2. The minimum absolute atomic E-state index is 0.151. The van der Waals surface area contributed by atoms with Crippen LogP contribution in [-0.4, -0.2) is 49.6 Å². The molecule has 5 heteroatoms. The average molecular weight is 309 g/mol. The Labute approximate surface area is 131 Å². The number of carbonyl (C=O) groups is 1. The number of hydrogen-bond acceptors (Lipinski definition) is 4. The van der Waals surface area contributed by atoms with Gasteiger partial charge < -0.3 is 10.6 Å². The van der Waals surface area contributed by atoms with E-state index in [1.54, 1.807) is 11.3 Å². The number of thiophene rings is 1. The lowest BCUT2D eigenvalue weighted by Gasteiger charge is -2.24. The Bertz CT molecular complexity index is 402. The van der Waals surface area contributed by atoms with Crippen LogP contribution in [0.15, 0.2) is 17.5 Å². The highest BCUT2D eigenvalue weighted by molar-refractivity contribution is 7.09. The fourth-order valence-corrected chi connectivity index (χ4v) is 3.52. The van der Waals surface area contributed by atoms with E-state index in [0.717, 1.165) is 39.0 Å². The molecule has 0 bridgehead atoms. The van der Waals surface area contributed by atoms with Crippen LogP contribution in [0.2, 0.25) is 0 Å². The van der Waals surface area contributed by atoms with Crippen molar-refractivity contribution in [2.45, 2.75) is 38.6 Å². The lowest BCUT2D eigenvalue weighted by atomic mass is 10.2. The Morgan fingerprint density at radius 2 is 2.48 bits per heavy atom. The third kappa shape index (κ3) is 6.16. The molecule has 1 aromatic heterocycles. The molecule has 2 N–H and O–H groups in total. The van der Waals surface area contributed by atoms with Crippen molar-refractivity contribution in [3.05, 3.63) is 22.4 Å². The molecule has 1 saturated heterocycles. The summed E-state index contributed by atoms with van der Waals surface area (Å²) in [7, 11) is 0. The highest BCUT2D eigenvalue weighted by Gasteiger charge is 2.18. The summed E-state index contributed by atoms with van der Waals surface area (Å²) in [6.07, 6.45) is 4.52. The van der Waals surface area contributed by atoms with E-state index in [1.807, 2.05) is 0 Å². The maximum absolute atomic E-state index is 12.1. The maximum atomic E-state index is 12.1. The standard InChI is InChI=1S/C16H27N3OS/c1-2-10-19(12-14-5-3-8-17-14)13-16(20)18-9-7-15-6-4-11-21-15/h4,6,11,14,17H,2-3,5,7-10,12-13H2,1H3,(H,18,20). The number of rotatable bonds is 9. The predicted molar refractivity (Wildman–Crippen MR) is 88.8 cm³/mol. The molecule has 1 aliphatic rings. The Kier molecular flexibility index (Phi) is 7.19. The summed E-state index contributed by atoms with van der Waals surface area (Å²) >= 11 is 1.75. The molecule has 118 valence electrons. The third-order valence-electron chi connectivity index (χ3n) is 3.82. The fourth-order valence-electron chi connectivity index (χ4n) is 2.81. The molecule has 0 spiro atoms. The normalized spacial score (nSPS) is 18.3. The van der Waals surface area contributed by atoms with E-state index in [2.05, 4.69) is 40.0 Å². The maximum Gasteiger partial charge on any atom is 0.234 e. The van der Waals surface area contributed by atoms with Crippen molar-refractivity contribution in [2.24, 2.45) is 0 Å². The Morgan fingerprint density at radius 3 is 3.14 bits per heavy atom. The monoisotopic (exact) mass is 309 g/mol. The Morgan fingerprint density at radius 1 is 1.57 bits per heavy atom. The van der Waals surface area contributed by atoms with E-state index in [4.69, 9.17) is 0 Å². The van der Waals surface area contributed by atoms with Crippen LogP contribution in [0.3, 0.4) is 0 Å². The zero-order valence-electron chi connectivity index (χ0n) is 12.9. The SMILES string of the molecule is CCCN(CC(=O)NCCc1cccs1)CC1CCCN1. The molecule has 1 amide bonds. The molecule has 1 aromatic rings.